The van der Waals surface area contributed by atoms with Gasteiger partial charge in [0.15, 0.2) is 0 Å². The molecule has 0 saturated heterocycles. The standard InChI is InChI=1S/C18H25NO/c1-3-12(2)14-6-8-16(9-7-14)19-18(20)17-11-13-4-5-15(17)10-13/h6-9,12-13,15,17H,3-5,10-11H2,1-2H3,(H,19,20)/t12-,13+,15+,17-/m1/s1. The Morgan fingerprint density at radius 2 is 2.00 bits per heavy atom. The van der Waals surface area contributed by atoms with Crippen molar-refractivity contribution < 1.29 is 4.79 Å². The van der Waals surface area contributed by atoms with Crippen molar-refractivity contribution in [3.8, 4) is 0 Å². The molecular weight excluding hydrogens is 246 g/mol. The first-order chi connectivity index (χ1) is 9.67. The van der Waals surface area contributed by atoms with Gasteiger partial charge in [-0.25, -0.2) is 0 Å². The molecule has 0 aromatic heterocycles. The molecule has 2 aliphatic carbocycles. The van der Waals surface area contributed by atoms with Crippen LogP contribution in [0.2, 0.25) is 0 Å². The van der Waals surface area contributed by atoms with Gasteiger partial charge in [-0.3, -0.25) is 4.79 Å². The van der Waals surface area contributed by atoms with Crippen molar-refractivity contribution in [1.29, 1.82) is 0 Å². The van der Waals surface area contributed by atoms with Crippen LogP contribution in [0.5, 0.6) is 0 Å². The number of carbonyl (C=O) groups is 1. The van der Waals surface area contributed by atoms with Gasteiger partial charge in [0.1, 0.15) is 0 Å². The quantitative estimate of drug-likeness (QED) is 0.853. The van der Waals surface area contributed by atoms with Gasteiger partial charge in [-0.1, -0.05) is 32.4 Å². The van der Waals surface area contributed by atoms with Crippen LogP contribution in [0, 0.1) is 17.8 Å². The molecule has 1 aromatic rings. The van der Waals surface area contributed by atoms with Crippen molar-refractivity contribution in [3.63, 3.8) is 0 Å². The number of amides is 1. The average molecular weight is 271 g/mol. The summed E-state index contributed by atoms with van der Waals surface area (Å²) < 4.78 is 0. The summed E-state index contributed by atoms with van der Waals surface area (Å²) in [4.78, 5) is 12.4. The second-order valence-electron chi connectivity index (χ2n) is 6.70. The number of hydrogen-bond acceptors (Lipinski definition) is 1. The van der Waals surface area contributed by atoms with Crippen LogP contribution in [0.3, 0.4) is 0 Å². The molecule has 1 aromatic carbocycles. The molecule has 3 rings (SSSR count). The second-order valence-corrected chi connectivity index (χ2v) is 6.70. The highest BCUT2D eigenvalue weighted by molar-refractivity contribution is 5.93. The van der Waals surface area contributed by atoms with E-state index in [1.165, 1.54) is 24.8 Å². The van der Waals surface area contributed by atoms with E-state index in [-0.39, 0.29) is 11.8 Å². The number of fused-ring (bicyclic) bond motifs is 2. The predicted octanol–water partition coefficient (Wildman–Crippen LogP) is 4.57. The third-order valence-corrected chi connectivity index (χ3v) is 5.43. The highest BCUT2D eigenvalue weighted by Crippen LogP contribution is 2.48. The van der Waals surface area contributed by atoms with Crippen molar-refractivity contribution in [1.82, 2.24) is 0 Å². The molecule has 0 spiro atoms. The third kappa shape index (κ3) is 2.61. The van der Waals surface area contributed by atoms with Crippen LogP contribution in [0.4, 0.5) is 5.69 Å². The lowest BCUT2D eigenvalue weighted by Gasteiger charge is -2.21. The molecule has 2 saturated carbocycles. The lowest BCUT2D eigenvalue weighted by Crippen LogP contribution is -2.27. The van der Waals surface area contributed by atoms with E-state index in [2.05, 4.69) is 31.3 Å². The maximum atomic E-state index is 12.4. The zero-order valence-corrected chi connectivity index (χ0v) is 12.6. The maximum absolute atomic E-state index is 12.4. The van der Waals surface area contributed by atoms with Crippen LogP contribution < -0.4 is 5.32 Å². The minimum absolute atomic E-state index is 0.244. The summed E-state index contributed by atoms with van der Waals surface area (Å²) >= 11 is 0. The van der Waals surface area contributed by atoms with Crippen LogP contribution in [0.1, 0.15) is 57.4 Å². The highest BCUT2D eigenvalue weighted by Gasteiger charge is 2.42. The molecule has 0 heterocycles. The summed E-state index contributed by atoms with van der Waals surface area (Å²) in [6, 6.07) is 8.38. The van der Waals surface area contributed by atoms with Crippen molar-refractivity contribution in [2.45, 2.75) is 51.9 Å². The van der Waals surface area contributed by atoms with Crippen LogP contribution >= 0.6 is 0 Å². The molecule has 2 fully saturated rings. The molecule has 108 valence electrons. The molecule has 0 unspecified atom stereocenters. The zero-order chi connectivity index (χ0) is 14.1. The third-order valence-electron chi connectivity index (χ3n) is 5.43. The summed E-state index contributed by atoms with van der Waals surface area (Å²) in [5.41, 5.74) is 2.30. The van der Waals surface area contributed by atoms with E-state index >= 15 is 0 Å². The first-order valence-corrected chi connectivity index (χ1v) is 8.08. The topological polar surface area (TPSA) is 29.1 Å². The maximum Gasteiger partial charge on any atom is 0.227 e. The number of carbonyl (C=O) groups excluding carboxylic acids is 1. The normalized spacial score (nSPS) is 29.4. The number of anilines is 1. The molecule has 0 aliphatic heterocycles. The van der Waals surface area contributed by atoms with E-state index < -0.39 is 0 Å². The summed E-state index contributed by atoms with van der Waals surface area (Å²) in [5.74, 6) is 2.57. The SMILES string of the molecule is CC[C@@H](C)c1ccc(NC(=O)[C@@H]2C[C@H]3CC[C@H]2C3)cc1. The Morgan fingerprint density at radius 1 is 1.25 bits per heavy atom. The molecule has 2 aliphatic rings. The molecule has 2 heteroatoms. The van der Waals surface area contributed by atoms with Gasteiger partial charge in [-0.2, -0.15) is 0 Å². The van der Waals surface area contributed by atoms with Crippen molar-refractivity contribution in [3.05, 3.63) is 29.8 Å². The Labute approximate surface area is 122 Å². The summed E-state index contributed by atoms with van der Waals surface area (Å²) in [7, 11) is 0. The lowest BCUT2D eigenvalue weighted by atomic mass is 9.88. The van der Waals surface area contributed by atoms with Crippen molar-refractivity contribution >= 4 is 11.6 Å². The first-order valence-electron chi connectivity index (χ1n) is 8.08. The monoisotopic (exact) mass is 271 g/mol. The Balaban J connectivity index is 1.61. The van der Waals surface area contributed by atoms with Crippen LogP contribution in [0.25, 0.3) is 0 Å². The van der Waals surface area contributed by atoms with Crippen molar-refractivity contribution in [2.24, 2.45) is 17.8 Å². The van der Waals surface area contributed by atoms with Crippen LogP contribution in [-0.2, 0) is 4.79 Å². The van der Waals surface area contributed by atoms with Gasteiger partial charge in [0.05, 0.1) is 0 Å². The van der Waals surface area contributed by atoms with Gasteiger partial charge in [0.25, 0.3) is 0 Å². The number of benzene rings is 1. The van der Waals surface area contributed by atoms with Crippen molar-refractivity contribution in [2.75, 3.05) is 5.32 Å². The van der Waals surface area contributed by atoms with Gasteiger partial charge in [-0.15, -0.1) is 0 Å². The van der Waals surface area contributed by atoms with Gasteiger partial charge in [0.2, 0.25) is 5.91 Å². The average Bonchev–Trinajstić information content (AvgIpc) is 3.10. The van der Waals surface area contributed by atoms with E-state index in [9.17, 15) is 4.79 Å². The smallest absolute Gasteiger partial charge is 0.227 e. The van der Waals surface area contributed by atoms with Crippen LogP contribution in [0.15, 0.2) is 24.3 Å². The van der Waals surface area contributed by atoms with E-state index in [1.807, 2.05) is 12.1 Å². The van der Waals surface area contributed by atoms with Gasteiger partial charge in [0, 0.05) is 11.6 Å². The number of rotatable bonds is 4. The van der Waals surface area contributed by atoms with Crippen LogP contribution in [-0.4, -0.2) is 5.91 Å². The minimum atomic E-state index is 0.244. The predicted molar refractivity (Wildman–Crippen MR) is 82.7 cm³/mol. The molecule has 1 N–H and O–H groups in total. The Hall–Kier alpha value is -1.31. The highest BCUT2D eigenvalue weighted by atomic mass is 16.1. The van der Waals surface area contributed by atoms with Gasteiger partial charge in [-0.05, 0) is 61.1 Å². The van der Waals surface area contributed by atoms with Gasteiger partial charge >= 0.3 is 0 Å². The summed E-state index contributed by atoms with van der Waals surface area (Å²) in [6.07, 6.45) is 6.15. The fraction of sp³-hybridized carbons (Fsp3) is 0.611. The minimum Gasteiger partial charge on any atom is -0.326 e. The summed E-state index contributed by atoms with van der Waals surface area (Å²) in [5, 5.41) is 3.11. The Bertz CT molecular complexity index is 479. The Kier molecular flexibility index (Phi) is 3.82. The fourth-order valence-electron chi connectivity index (χ4n) is 3.93. The first kappa shape index (κ1) is 13.7. The van der Waals surface area contributed by atoms with E-state index in [1.54, 1.807) is 0 Å². The zero-order valence-electron chi connectivity index (χ0n) is 12.6. The number of nitrogens with one attached hydrogen (secondary N) is 1. The van der Waals surface area contributed by atoms with E-state index in [0.717, 1.165) is 24.4 Å². The number of hydrogen-bond donors (Lipinski definition) is 1. The molecule has 4 atom stereocenters. The van der Waals surface area contributed by atoms with E-state index in [4.69, 9.17) is 0 Å². The molecule has 20 heavy (non-hydrogen) atoms. The molecule has 2 bridgehead atoms. The molecule has 2 nitrogen and oxygen atoms in total. The largest absolute Gasteiger partial charge is 0.326 e. The Morgan fingerprint density at radius 3 is 2.55 bits per heavy atom. The van der Waals surface area contributed by atoms with E-state index in [0.29, 0.717) is 11.8 Å². The molecular formula is C18H25NO. The fourth-order valence-corrected chi connectivity index (χ4v) is 3.93. The van der Waals surface area contributed by atoms with Gasteiger partial charge < -0.3 is 5.32 Å². The second kappa shape index (κ2) is 5.59. The summed E-state index contributed by atoms with van der Waals surface area (Å²) in [6.45, 7) is 4.44. The lowest BCUT2D eigenvalue weighted by molar-refractivity contribution is -0.121. The molecule has 1 amide bonds. The molecule has 0 radical (unpaired) electrons.